The van der Waals surface area contributed by atoms with Gasteiger partial charge in [0.25, 0.3) is 0 Å². The Balaban J connectivity index is 2.06. The summed E-state index contributed by atoms with van der Waals surface area (Å²) in [5.74, 6) is 0.0710. The minimum atomic E-state index is -0.309. The molecule has 2 aromatic rings. The largest absolute Gasteiger partial charge is 0.370 e. The molecule has 20 heavy (non-hydrogen) atoms. The Morgan fingerprint density at radius 2 is 2.35 bits per heavy atom. The van der Waals surface area contributed by atoms with Gasteiger partial charge < -0.3 is 15.6 Å². The summed E-state index contributed by atoms with van der Waals surface area (Å²) >= 11 is 0. The molecule has 0 aliphatic heterocycles. The third kappa shape index (κ3) is 3.57. The number of nitrogens with two attached hydrogens (primary N) is 1. The summed E-state index contributed by atoms with van der Waals surface area (Å²) in [6.45, 7) is 3.18. The molecule has 0 aliphatic carbocycles. The second-order valence-corrected chi connectivity index (χ2v) is 4.38. The number of aromatic nitrogens is 2. The van der Waals surface area contributed by atoms with Crippen LogP contribution in [0.1, 0.15) is 18.9 Å². The van der Waals surface area contributed by atoms with Gasteiger partial charge in [0, 0.05) is 18.9 Å². The molecular weight excluding hydrogens is 257 g/mol. The zero-order valence-electron chi connectivity index (χ0n) is 11.4. The fourth-order valence-corrected chi connectivity index (χ4v) is 1.75. The van der Waals surface area contributed by atoms with E-state index in [0.29, 0.717) is 18.2 Å². The maximum atomic E-state index is 14.0. The van der Waals surface area contributed by atoms with Gasteiger partial charge in [0.05, 0.1) is 18.6 Å². The molecule has 0 spiro atoms. The fraction of sp³-hybridized carbons (Fsp3) is 0.286. The van der Waals surface area contributed by atoms with Crippen LogP contribution in [0.3, 0.4) is 0 Å². The Morgan fingerprint density at radius 3 is 3.00 bits per heavy atom. The molecule has 0 atom stereocenters. The molecule has 106 valence electrons. The number of hydrogen-bond donors (Lipinski definition) is 2. The van der Waals surface area contributed by atoms with E-state index in [4.69, 9.17) is 5.73 Å². The van der Waals surface area contributed by atoms with Crippen molar-refractivity contribution in [1.29, 1.82) is 0 Å². The van der Waals surface area contributed by atoms with Crippen LogP contribution in [0.4, 0.5) is 4.39 Å². The smallest absolute Gasteiger partial charge is 0.188 e. The Hall–Kier alpha value is -2.37. The van der Waals surface area contributed by atoms with E-state index in [9.17, 15) is 4.39 Å². The van der Waals surface area contributed by atoms with Crippen LogP contribution in [-0.4, -0.2) is 22.1 Å². The van der Waals surface area contributed by atoms with Gasteiger partial charge in [-0.25, -0.2) is 14.4 Å². The molecular formula is C14H18FN5. The molecule has 1 aromatic heterocycles. The van der Waals surface area contributed by atoms with Crippen molar-refractivity contribution in [2.24, 2.45) is 10.7 Å². The van der Waals surface area contributed by atoms with Crippen LogP contribution in [0.15, 0.2) is 41.9 Å². The van der Waals surface area contributed by atoms with Crippen molar-refractivity contribution >= 4 is 5.96 Å². The van der Waals surface area contributed by atoms with Crippen LogP contribution >= 0.6 is 0 Å². The van der Waals surface area contributed by atoms with Crippen molar-refractivity contribution in [3.05, 3.63) is 48.3 Å². The average molecular weight is 275 g/mol. The second-order valence-electron chi connectivity index (χ2n) is 4.38. The molecule has 3 N–H and O–H groups in total. The Kier molecular flexibility index (Phi) is 4.70. The van der Waals surface area contributed by atoms with Gasteiger partial charge in [0.2, 0.25) is 0 Å². The van der Waals surface area contributed by atoms with Crippen LogP contribution < -0.4 is 11.1 Å². The normalized spacial score (nSPS) is 11.6. The molecule has 0 aliphatic rings. The standard InChI is InChI=1S/C14H18FN5/c1-2-5-18-14(16)19-9-11-3-4-13(12(15)8-11)20-7-6-17-10-20/h3-4,6-8,10H,2,5,9H2,1H3,(H3,16,18,19). The van der Waals surface area contributed by atoms with Gasteiger partial charge in [-0.05, 0) is 24.1 Å². The first kappa shape index (κ1) is 14.0. The number of nitrogens with zero attached hydrogens (tertiary/aromatic N) is 3. The lowest BCUT2D eigenvalue weighted by atomic mass is 10.2. The Labute approximate surface area is 117 Å². The average Bonchev–Trinajstić information content (AvgIpc) is 2.97. The summed E-state index contributed by atoms with van der Waals surface area (Å²) in [5.41, 5.74) is 6.92. The van der Waals surface area contributed by atoms with Gasteiger partial charge in [-0.1, -0.05) is 13.0 Å². The minimum Gasteiger partial charge on any atom is -0.370 e. The van der Waals surface area contributed by atoms with Crippen molar-refractivity contribution in [1.82, 2.24) is 14.9 Å². The number of imidazole rings is 1. The molecule has 2 rings (SSSR count). The van der Waals surface area contributed by atoms with E-state index in [0.717, 1.165) is 18.5 Å². The van der Waals surface area contributed by atoms with Crippen LogP contribution in [0, 0.1) is 5.82 Å². The lowest BCUT2D eigenvalue weighted by molar-refractivity contribution is 0.615. The third-order valence-corrected chi connectivity index (χ3v) is 2.78. The molecule has 5 nitrogen and oxygen atoms in total. The Morgan fingerprint density at radius 1 is 1.50 bits per heavy atom. The van der Waals surface area contributed by atoms with Gasteiger partial charge in [0.15, 0.2) is 5.96 Å². The first-order chi connectivity index (χ1) is 9.70. The lowest BCUT2D eigenvalue weighted by Crippen LogP contribution is -2.32. The summed E-state index contributed by atoms with van der Waals surface area (Å²) in [6, 6.07) is 5.00. The molecule has 1 heterocycles. The van der Waals surface area contributed by atoms with Gasteiger partial charge in [-0.15, -0.1) is 0 Å². The quantitative estimate of drug-likeness (QED) is 0.646. The van der Waals surface area contributed by atoms with E-state index in [-0.39, 0.29) is 5.82 Å². The SMILES string of the molecule is CCCNC(N)=NCc1ccc(-n2ccnc2)c(F)c1. The molecule has 0 bridgehead atoms. The van der Waals surface area contributed by atoms with Gasteiger partial charge in [-0.2, -0.15) is 0 Å². The zero-order chi connectivity index (χ0) is 14.4. The first-order valence-electron chi connectivity index (χ1n) is 6.51. The van der Waals surface area contributed by atoms with Crippen molar-refractivity contribution in [2.75, 3.05) is 6.54 Å². The summed E-state index contributed by atoms with van der Waals surface area (Å²) < 4.78 is 15.6. The summed E-state index contributed by atoms with van der Waals surface area (Å²) in [7, 11) is 0. The predicted octanol–water partition coefficient (Wildman–Crippen LogP) is 1.83. The minimum absolute atomic E-state index is 0.309. The molecule has 0 fully saturated rings. The topological polar surface area (TPSA) is 68.2 Å². The number of halogens is 1. The number of benzene rings is 1. The highest BCUT2D eigenvalue weighted by atomic mass is 19.1. The highest BCUT2D eigenvalue weighted by molar-refractivity contribution is 5.77. The highest BCUT2D eigenvalue weighted by Gasteiger charge is 2.05. The summed E-state index contributed by atoms with van der Waals surface area (Å²) in [5, 5.41) is 2.97. The number of rotatable bonds is 5. The fourth-order valence-electron chi connectivity index (χ4n) is 1.75. The number of guanidine groups is 1. The number of hydrogen-bond acceptors (Lipinski definition) is 2. The van der Waals surface area contributed by atoms with E-state index in [1.807, 2.05) is 13.0 Å². The van der Waals surface area contributed by atoms with Gasteiger partial charge in [-0.3, -0.25) is 0 Å². The first-order valence-corrected chi connectivity index (χ1v) is 6.51. The molecule has 0 amide bonds. The van der Waals surface area contributed by atoms with Gasteiger partial charge in [0.1, 0.15) is 5.82 Å². The van der Waals surface area contributed by atoms with Crippen molar-refractivity contribution in [2.45, 2.75) is 19.9 Å². The zero-order valence-corrected chi connectivity index (χ0v) is 11.4. The van der Waals surface area contributed by atoms with Crippen molar-refractivity contribution < 1.29 is 4.39 Å². The lowest BCUT2D eigenvalue weighted by Gasteiger charge is -2.06. The maximum Gasteiger partial charge on any atom is 0.188 e. The van der Waals surface area contributed by atoms with Crippen LogP contribution in [0.25, 0.3) is 5.69 Å². The monoisotopic (exact) mass is 275 g/mol. The van der Waals surface area contributed by atoms with Crippen LogP contribution in [0.5, 0.6) is 0 Å². The second kappa shape index (κ2) is 6.70. The molecule has 0 saturated heterocycles. The van der Waals surface area contributed by atoms with E-state index in [2.05, 4.69) is 15.3 Å². The number of aliphatic imine (C=N–C) groups is 1. The van der Waals surface area contributed by atoms with E-state index >= 15 is 0 Å². The van der Waals surface area contributed by atoms with Crippen LogP contribution in [0.2, 0.25) is 0 Å². The third-order valence-electron chi connectivity index (χ3n) is 2.78. The number of nitrogens with one attached hydrogen (secondary N) is 1. The van der Waals surface area contributed by atoms with Crippen molar-refractivity contribution in [3.63, 3.8) is 0 Å². The van der Waals surface area contributed by atoms with Gasteiger partial charge >= 0.3 is 0 Å². The summed E-state index contributed by atoms with van der Waals surface area (Å²) in [6.07, 6.45) is 5.84. The van der Waals surface area contributed by atoms with Crippen molar-refractivity contribution in [3.8, 4) is 5.69 Å². The molecule has 1 aromatic carbocycles. The molecule has 0 unspecified atom stereocenters. The van der Waals surface area contributed by atoms with E-state index in [1.54, 1.807) is 29.4 Å². The predicted molar refractivity (Wildman–Crippen MR) is 77.1 cm³/mol. The van der Waals surface area contributed by atoms with Crippen LogP contribution in [-0.2, 0) is 6.54 Å². The molecule has 6 heteroatoms. The Bertz CT molecular complexity index is 577. The molecule has 0 radical (unpaired) electrons. The molecule has 0 saturated carbocycles. The van der Waals surface area contributed by atoms with E-state index < -0.39 is 0 Å². The summed E-state index contributed by atoms with van der Waals surface area (Å²) in [4.78, 5) is 8.06. The maximum absolute atomic E-state index is 14.0. The highest BCUT2D eigenvalue weighted by Crippen LogP contribution is 2.15. The van der Waals surface area contributed by atoms with E-state index in [1.165, 1.54) is 6.07 Å².